The van der Waals surface area contributed by atoms with Gasteiger partial charge in [0.1, 0.15) is 0 Å². The molecule has 0 aliphatic carbocycles. The summed E-state index contributed by atoms with van der Waals surface area (Å²) in [7, 11) is 0. The minimum absolute atomic E-state index is 0.365. The zero-order valence-electron chi connectivity index (χ0n) is 8.21. The molecule has 14 heavy (non-hydrogen) atoms. The average molecular weight is 289 g/mol. The van der Waals surface area contributed by atoms with Crippen molar-refractivity contribution in [2.24, 2.45) is 0 Å². The second kappa shape index (κ2) is 9.94. The van der Waals surface area contributed by atoms with Gasteiger partial charge in [0, 0.05) is 21.5 Å². The summed E-state index contributed by atoms with van der Waals surface area (Å²) in [5.74, 6) is 1.73. The van der Waals surface area contributed by atoms with Crippen LogP contribution in [0.1, 0.15) is 25.7 Å². The van der Waals surface area contributed by atoms with Crippen LogP contribution in [0.25, 0.3) is 0 Å². The second-order valence-corrected chi connectivity index (χ2v) is 6.47. The lowest BCUT2D eigenvalue weighted by Crippen LogP contribution is -2.12. The molecule has 0 saturated carbocycles. The normalized spacial score (nSPS) is 17.8. The fourth-order valence-corrected chi connectivity index (χ4v) is 2.95. The number of hydrogen-bond donors (Lipinski definition) is 5. The van der Waals surface area contributed by atoms with Gasteiger partial charge in [0.15, 0.2) is 0 Å². The maximum atomic E-state index is 4.53. The molecular formula is C9H20S5. The van der Waals surface area contributed by atoms with E-state index in [0.29, 0.717) is 15.7 Å². The molecule has 0 heterocycles. The Hall–Kier alpha value is 1.75. The zero-order chi connectivity index (χ0) is 11.0. The van der Waals surface area contributed by atoms with E-state index in [0.717, 1.165) is 37.2 Å². The van der Waals surface area contributed by atoms with Gasteiger partial charge < -0.3 is 0 Å². The van der Waals surface area contributed by atoms with Gasteiger partial charge in [-0.2, -0.15) is 63.1 Å². The Kier molecular flexibility index (Phi) is 11.2. The van der Waals surface area contributed by atoms with Crippen LogP contribution in [0, 0.1) is 0 Å². The molecule has 0 radical (unpaired) electrons. The highest BCUT2D eigenvalue weighted by Crippen LogP contribution is 2.19. The molecule has 5 heteroatoms. The quantitative estimate of drug-likeness (QED) is 0.416. The summed E-state index contributed by atoms with van der Waals surface area (Å²) < 4.78 is 0. The van der Waals surface area contributed by atoms with Gasteiger partial charge in [0.2, 0.25) is 0 Å². The average Bonchev–Trinajstić information content (AvgIpc) is 2.15. The second-order valence-electron chi connectivity index (χ2n) is 3.47. The highest BCUT2D eigenvalue weighted by Gasteiger charge is 2.10. The molecule has 0 nitrogen and oxygen atoms in total. The number of thiol groups is 5. The van der Waals surface area contributed by atoms with Gasteiger partial charge in [0.25, 0.3) is 0 Å². The van der Waals surface area contributed by atoms with Crippen molar-refractivity contribution in [2.45, 2.75) is 41.4 Å². The summed E-state index contributed by atoms with van der Waals surface area (Å²) in [4.78, 5) is 0. The largest absolute Gasteiger partial charge is 0.179 e. The van der Waals surface area contributed by atoms with E-state index in [1.807, 2.05) is 0 Å². The van der Waals surface area contributed by atoms with Crippen LogP contribution in [0.3, 0.4) is 0 Å². The van der Waals surface area contributed by atoms with Gasteiger partial charge in [-0.15, -0.1) is 0 Å². The van der Waals surface area contributed by atoms with E-state index in [1.165, 1.54) is 0 Å². The lowest BCUT2D eigenvalue weighted by molar-refractivity contribution is 0.637. The lowest BCUT2D eigenvalue weighted by Gasteiger charge is -2.16. The molecule has 0 aromatic rings. The van der Waals surface area contributed by atoms with E-state index in [-0.39, 0.29) is 0 Å². The van der Waals surface area contributed by atoms with Crippen LogP contribution in [-0.4, -0.2) is 27.3 Å². The molecule has 0 aliphatic heterocycles. The monoisotopic (exact) mass is 288 g/mol. The molecule has 86 valence electrons. The van der Waals surface area contributed by atoms with Gasteiger partial charge in [-0.25, -0.2) is 0 Å². The third-order valence-corrected chi connectivity index (χ3v) is 4.42. The maximum Gasteiger partial charge on any atom is 0.0115 e. The summed E-state index contributed by atoms with van der Waals surface area (Å²) in [5, 5.41) is 1.26. The minimum atomic E-state index is 0.365. The van der Waals surface area contributed by atoms with E-state index in [2.05, 4.69) is 63.1 Å². The summed E-state index contributed by atoms with van der Waals surface area (Å²) in [6, 6.07) is 0. The molecule has 3 unspecified atom stereocenters. The van der Waals surface area contributed by atoms with E-state index < -0.39 is 0 Å². The fraction of sp³-hybridized carbons (Fsp3) is 1.00. The summed E-state index contributed by atoms with van der Waals surface area (Å²) in [6.45, 7) is 0. The van der Waals surface area contributed by atoms with Gasteiger partial charge in [-0.1, -0.05) is 0 Å². The summed E-state index contributed by atoms with van der Waals surface area (Å²) in [5.41, 5.74) is 0. The Morgan fingerprint density at radius 2 is 1.29 bits per heavy atom. The van der Waals surface area contributed by atoms with E-state index >= 15 is 0 Å². The molecule has 0 aromatic carbocycles. The van der Waals surface area contributed by atoms with Crippen molar-refractivity contribution in [2.75, 3.05) is 11.5 Å². The highest BCUT2D eigenvalue weighted by molar-refractivity contribution is 7.85. The van der Waals surface area contributed by atoms with Crippen molar-refractivity contribution < 1.29 is 0 Å². The Morgan fingerprint density at radius 3 is 1.79 bits per heavy atom. The van der Waals surface area contributed by atoms with E-state index in [9.17, 15) is 0 Å². The SMILES string of the molecule is SCCC(S)CCC(S)CC(S)CS. The van der Waals surface area contributed by atoms with Crippen LogP contribution in [-0.2, 0) is 0 Å². The summed E-state index contributed by atoms with van der Waals surface area (Å²) >= 11 is 21.8. The highest BCUT2D eigenvalue weighted by atomic mass is 32.1. The first kappa shape index (κ1) is 15.8. The van der Waals surface area contributed by atoms with Gasteiger partial charge >= 0.3 is 0 Å². The molecule has 0 N–H and O–H groups in total. The smallest absolute Gasteiger partial charge is 0.0115 e. The molecule has 0 amide bonds. The first-order chi connectivity index (χ1) is 6.60. The fourth-order valence-electron chi connectivity index (χ4n) is 1.18. The topological polar surface area (TPSA) is 0 Å². The molecule has 0 aromatic heterocycles. The molecule has 0 saturated heterocycles. The third kappa shape index (κ3) is 9.01. The Bertz CT molecular complexity index is 130. The van der Waals surface area contributed by atoms with Crippen LogP contribution in [0.4, 0.5) is 0 Å². The zero-order valence-corrected chi connectivity index (χ0v) is 12.7. The van der Waals surface area contributed by atoms with Crippen LogP contribution in [0.5, 0.6) is 0 Å². The van der Waals surface area contributed by atoms with Crippen molar-refractivity contribution in [1.29, 1.82) is 0 Å². The Morgan fingerprint density at radius 1 is 0.714 bits per heavy atom. The third-order valence-electron chi connectivity index (χ3n) is 2.05. The van der Waals surface area contributed by atoms with E-state index in [1.54, 1.807) is 0 Å². The van der Waals surface area contributed by atoms with Crippen LogP contribution in [0.2, 0.25) is 0 Å². The number of rotatable bonds is 8. The van der Waals surface area contributed by atoms with Crippen molar-refractivity contribution >= 4 is 63.1 Å². The molecule has 0 aliphatic rings. The predicted octanol–water partition coefficient (Wildman–Crippen LogP) is 3.30. The summed E-state index contributed by atoms with van der Waals surface area (Å²) in [6.07, 6.45) is 4.32. The molecule has 0 fully saturated rings. The molecular weight excluding hydrogens is 268 g/mol. The Balaban J connectivity index is 3.47. The van der Waals surface area contributed by atoms with Gasteiger partial charge in [-0.05, 0) is 31.4 Å². The first-order valence-corrected chi connectivity index (χ1v) is 7.67. The molecule has 0 rings (SSSR count). The minimum Gasteiger partial charge on any atom is -0.179 e. The van der Waals surface area contributed by atoms with Crippen LogP contribution >= 0.6 is 63.1 Å². The number of hydrogen-bond acceptors (Lipinski definition) is 5. The van der Waals surface area contributed by atoms with Crippen molar-refractivity contribution in [3.05, 3.63) is 0 Å². The van der Waals surface area contributed by atoms with Crippen molar-refractivity contribution in [3.63, 3.8) is 0 Å². The first-order valence-electron chi connectivity index (χ1n) is 4.86. The van der Waals surface area contributed by atoms with Gasteiger partial charge in [-0.3, -0.25) is 0 Å². The Labute approximate surface area is 115 Å². The standard InChI is InChI=1S/C9H20S5/c10-4-3-7(12)1-2-8(13)5-9(14)6-11/h7-14H,1-6H2. The van der Waals surface area contributed by atoms with Crippen LogP contribution < -0.4 is 0 Å². The lowest BCUT2D eigenvalue weighted by atomic mass is 10.1. The van der Waals surface area contributed by atoms with Gasteiger partial charge in [0.05, 0.1) is 0 Å². The molecule has 3 atom stereocenters. The molecule has 0 bridgehead atoms. The van der Waals surface area contributed by atoms with Crippen molar-refractivity contribution in [3.8, 4) is 0 Å². The maximum absolute atomic E-state index is 4.53. The van der Waals surface area contributed by atoms with Crippen molar-refractivity contribution in [1.82, 2.24) is 0 Å². The molecule has 0 spiro atoms. The van der Waals surface area contributed by atoms with E-state index in [4.69, 9.17) is 0 Å². The van der Waals surface area contributed by atoms with Crippen LogP contribution in [0.15, 0.2) is 0 Å². The predicted molar refractivity (Wildman–Crippen MR) is 84.5 cm³/mol.